The van der Waals surface area contributed by atoms with Crippen molar-refractivity contribution in [1.29, 1.82) is 0 Å². The summed E-state index contributed by atoms with van der Waals surface area (Å²) in [5.41, 5.74) is 3.08. The second kappa shape index (κ2) is 4.57. The highest BCUT2D eigenvalue weighted by molar-refractivity contribution is 5.75. The molecule has 2 aromatic rings. The maximum atomic E-state index is 5.82. The van der Waals surface area contributed by atoms with Gasteiger partial charge >= 0.3 is 0 Å². The molecule has 0 amide bonds. The monoisotopic (exact) mass is 290 g/mol. The third kappa shape index (κ3) is 2.59. The SMILES string of the molecule is Cn1nc(C(C)(C)C)c2[nH]c([C@H]3CCOC(C)(C)C3)nc21. The predicted molar refractivity (Wildman–Crippen MR) is 83.6 cm³/mol. The Hall–Kier alpha value is -1.36. The number of aromatic nitrogens is 4. The Morgan fingerprint density at radius 1 is 1.33 bits per heavy atom. The van der Waals surface area contributed by atoms with Gasteiger partial charge < -0.3 is 9.72 Å². The smallest absolute Gasteiger partial charge is 0.176 e. The fourth-order valence-corrected chi connectivity index (χ4v) is 3.21. The highest BCUT2D eigenvalue weighted by Crippen LogP contribution is 2.36. The Morgan fingerprint density at radius 3 is 2.67 bits per heavy atom. The van der Waals surface area contributed by atoms with E-state index in [1.807, 2.05) is 11.7 Å². The van der Waals surface area contributed by atoms with E-state index in [0.29, 0.717) is 5.92 Å². The largest absolute Gasteiger partial charge is 0.376 e. The van der Waals surface area contributed by atoms with Gasteiger partial charge in [0.1, 0.15) is 11.3 Å². The third-order valence-corrected chi connectivity index (χ3v) is 4.29. The number of hydrogen-bond donors (Lipinski definition) is 1. The van der Waals surface area contributed by atoms with Crippen molar-refractivity contribution >= 4 is 11.2 Å². The van der Waals surface area contributed by atoms with Gasteiger partial charge in [-0.25, -0.2) is 9.67 Å². The molecule has 5 nitrogen and oxygen atoms in total. The molecule has 3 heterocycles. The summed E-state index contributed by atoms with van der Waals surface area (Å²) in [5, 5.41) is 4.63. The zero-order valence-electron chi connectivity index (χ0n) is 13.9. The molecule has 1 aliphatic rings. The van der Waals surface area contributed by atoms with Crippen molar-refractivity contribution in [2.45, 2.75) is 64.4 Å². The van der Waals surface area contributed by atoms with Gasteiger partial charge in [-0.05, 0) is 26.7 Å². The quantitative estimate of drug-likeness (QED) is 0.877. The van der Waals surface area contributed by atoms with Crippen LogP contribution in [0.3, 0.4) is 0 Å². The molecular formula is C16H26N4O. The lowest BCUT2D eigenvalue weighted by atomic mass is 9.88. The Kier molecular flexibility index (Phi) is 3.17. The average Bonchev–Trinajstić information content (AvgIpc) is 2.88. The molecule has 0 spiro atoms. The number of ether oxygens (including phenoxy) is 1. The van der Waals surface area contributed by atoms with E-state index in [9.17, 15) is 0 Å². The molecule has 116 valence electrons. The van der Waals surface area contributed by atoms with Crippen LogP contribution >= 0.6 is 0 Å². The van der Waals surface area contributed by atoms with E-state index in [1.165, 1.54) is 0 Å². The lowest BCUT2D eigenvalue weighted by molar-refractivity contribution is -0.0602. The minimum absolute atomic E-state index is 0.0122. The summed E-state index contributed by atoms with van der Waals surface area (Å²) >= 11 is 0. The molecule has 1 saturated heterocycles. The third-order valence-electron chi connectivity index (χ3n) is 4.29. The maximum absolute atomic E-state index is 5.82. The lowest BCUT2D eigenvalue weighted by Crippen LogP contribution is -2.33. The molecule has 0 aromatic carbocycles. The van der Waals surface area contributed by atoms with E-state index in [-0.39, 0.29) is 11.0 Å². The summed E-state index contributed by atoms with van der Waals surface area (Å²) in [6.07, 6.45) is 2.03. The van der Waals surface area contributed by atoms with Crippen molar-refractivity contribution in [3.05, 3.63) is 11.5 Å². The topological polar surface area (TPSA) is 55.7 Å². The number of aryl methyl sites for hydroxylation is 1. The number of rotatable bonds is 1. The Bertz CT molecular complexity index is 660. The number of nitrogens with zero attached hydrogens (tertiary/aromatic N) is 3. The van der Waals surface area contributed by atoms with Crippen LogP contribution in [-0.4, -0.2) is 32.0 Å². The maximum Gasteiger partial charge on any atom is 0.176 e. The zero-order valence-corrected chi connectivity index (χ0v) is 13.9. The van der Waals surface area contributed by atoms with E-state index in [2.05, 4.69) is 44.7 Å². The van der Waals surface area contributed by atoms with Crippen molar-refractivity contribution in [2.24, 2.45) is 7.05 Å². The predicted octanol–water partition coefficient (Wildman–Crippen LogP) is 3.27. The molecule has 5 heteroatoms. The second-order valence-electron chi connectivity index (χ2n) is 7.84. The van der Waals surface area contributed by atoms with Gasteiger partial charge in [0, 0.05) is 25.0 Å². The summed E-state index contributed by atoms with van der Waals surface area (Å²) in [5.74, 6) is 1.52. The van der Waals surface area contributed by atoms with E-state index in [0.717, 1.165) is 42.1 Å². The molecule has 0 unspecified atom stereocenters. The van der Waals surface area contributed by atoms with E-state index >= 15 is 0 Å². The minimum Gasteiger partial charge on any atom is -0.376 e. The molecule has 3 rings (SSSR count). The van der Waals surface area contributed by atoms with Gasteiger partial charge in [0.05, 0.1) is 11.3 Å². The molecule has 1 aliphatic heterocycles. The summed E-state index contributed by atoms with van der Waals surface area (Å²) in [4.78, 5) is 8.37. The number of H-pyrrole nitrogens is 1. The Labute approximate surface area is 126 Å². The molecular weight excluding hydrogens is 264 g/mol. The zero-order chi connectivity index (χ0) is 15.4. The summed E-state index contributed by atoms with van der Waals surface area (Å²) in [6.45, 7) is 11.7. The number of fused-ring (bicyclic) bond motifs is 1. The molecule has 2 aromatic heterocycles. The van der Waals surface area contributed by atoms with Gasteiger partial charge in [0.2, 0.25) is 0 Å². The molecule has 1 N–H and O–H groups in total. The first-order chi connectivity index (χ1) is 9.67. The lowest BCUT2D eigenvalue weighted by Gasteiger charge is -2.34. The van der Waals surface area contributed by atoms with Crippen LogP contribution in [0.1, 0.15) is 64.9 Å². The summed E-state index contributed by atoms with van der Waals surface area (Å²) in [7, 11) is 1.97. The summed E-state index contributed by atoms with van der Waals surface area (Å²) in [6, 6.07) is 0. The number of nitrogens with one attached hydrogen (secondary N) is 1. The Balaban J connectivity index is 2.02. The van der Waals surface area contributed by atoms with E-state index in [4.69, 9.17) is 9.72 Å². The second-order valence-corrected chi connectivity index (χ2v) is 7.84. The van der Waals surface area contributed by atoms with Crippen molar-refractivity contribution in [2.75, 3.05) is 6.61 Å². The van der Waals surface area contributed by atoms with Gasteiger partial charge in [0.25, 0.3) is 0 Å². The van der Waals surface area contributed by atoms with Gasteiger partial charge in [-0.15, -0.1) is 0 Å². The molecule has 1 atom stereocenters. The fraction of sp³-hybridized carbons (Fsp3) is 0.750. The minimum atomic E-state index is -0.0625. The van der Waals surface area contributed by atoms with Crippen LogP contribution in [0.2, 0.25) is 0 Å². The van der Waals surface area contributed by atoms with E-state index in [1.54, 1.807) is 0 Å². The fourth-order valence-electron chi connectivity index (χ4n) is 3.21. The Morgan fingerprint density at radius 2 is 2.05 bits per heavy atom. The van der Waals surface area contributed by atoms with Crippen LogP contribution < -0.4 is 0 Å². The first-order valence-corrected chi connectivity index (χ1v) is 7.74. The van der Waals surface area contributed by atoms with Crippen LogP contribution in [0.15, 0.2) is 0 Å². The van der Waals surface area contributed by atoms with Crippen molar-refractivity contribution in [1.82, 2.24) is 19.7 Å². The molecule has 0 saturated carbocycles. The number of hydrogen-bond acceptors (Lipinski definition) is 3. The highest BCUT2D eigenvalue weighted by Gasteiger charge is 2.32. The van der Waals surface area contributed by atoms with Gasteiger partial charge in [-0.1, -0.05) is 20.8 Å². The highest BCUT2D eigenvalue weighted by atomic mass is 16.5. The van der Waals surface area contributed by atoms with Crippen LogP contribution in [-0.2, 0) is 17.2 Å². The van der Waals surface area contributed by atoms with Crippen LogP contribution in [0.25, 0.3) is 11.2 Å². The van der Waals surface area contributed by atoms with Crippen LogP contribution in [0.4, 0.5) is 0 Å². The van der Waals surface area contributed by atoms with E-state index < -0.39 is 0 Å². The first-order valence-electron chi connectivity index (χ1n) is 7.74. The normalized spacial score (nSPS) is 22.9. The van der Waals surface area contributed by atoms with Gasteiger partial charge in [-0.2, -0.15) is 5.10 Å². The standard InChI is InChI=1S/C16H26N4O/c1-15(2,3)12-11-14(20(6)19-12)18-13(17-11)10-7-8-21-16(4,5)9-10/h10H,7-9H2,1-6H3,(H,17,18)/t10-/m0/s1. The first kappa shape index (κ1) is 14.6. The number of aromatic amines is 1. The van der Waals surface area contributed by atoms with Gasteiger partial charge in [0.15, 0.2) is 5.65 Å². The molecule has 21 heavy (non-hydrogen) atoms. The molecule has 0 bridgehead atoms. The molecule has 0 aliphatic carbocycles. The molecule has 0 radical (unpaired) electrons. The summed E-state index contributed by atoms with van der Waals surface area (Å²) < 4.78 is 7.70. The molecule has 1 fully saturated rings. The van der Waals surface area contributed by atoms with Crippen molar-refractivity contribution in [3.63, 3.8) is 0 Å². The van der Waals surface area contributed by atoms with Crippen molar-refractivity contribution < 1.29 is 4.74 Å². The average molecular weight is 290 g/mol. The van der Waals surface area contributed by atoms with Crippen LogP contribution in [0, 0.1) is 0 Å². The van der Waals surface area contributed by atoms with Gasteiger partial charge in [-0.3, -0.25) is 0 Å². The van der Waals surface area contributed by atoms with Crippen molar-refractivity contribution in [3.8, 4) is 0 Å². The van der Waals surface area contributed by atoms with Crippen LogP contribution in [0.5, 0.6) is 0 Å². The number of imidazole rings is 1.